The van der Waals surface area contributed by atoms with Crippen LogP contribution in [-0.2, 0) is 16.1 Å². The summed E-state index contributed by atoms with van der Waals surface area (Å²) in [4.78, 5) is 26.6. The molecule has 0 unspecified atom stereocenters. The Kier molecular flexibility index (Phi) is 5.99. The van der Waals surface area contributed by atoms with Gasteiger partial charge in [0.2, 0.25) is 11.6 Å². The topological polar surface area (TPSA) is 105 Å². The second kappa shape index (κ2) is 8.61. The highest BCUT2D eigenvalue weighted by Gasteiger charge is 2.15. The monoisotopic (exact) mass is 402 g/mol. The summed E-state index contributed by atoms with van der Waals surface area (Å²) in [6, 6.07) is 8.74. The number of ether oxygens (including phenoxy) is 3. The van der Waals surface area contributed by atoms with Gasteiger partial charge in [-0.3, -0.25) is 4.79 Å². The molecule has 0 fully saturated rings. The van der Waals surface area contributed by atoms with Gasteiger partial charge in [-0.1, -0.05) is 0 Å². The molecule has 1 aromatic carbocycles. The van der Waals surface area contributed by atoms with Crippen LogP contribution in [0.5, 0.6) is 11.5 Å². The van der Waals surface area contributed by atoms with Crippen LogP contribution in [0.15, 0.2) is 30.3 Å². The lowest BCUT2D eigenvalue weighted by Crippen LogP contribution is -2.19. The number of hydrogen-bond acceptors (Lipinski definition) is 9. The molecule has 0 aliphatic rings. The predicted octanol–water partition coefficient (Wildman–Crippen LogP) is 2.15. The summed E-state index contributed by atoms with van der Waals surface area (Å²) in [5, 5.41) is 11.9. The number of methoxy groups -OCH3 is 2. The van der Waals surface area contributed by atoms with E-state index in [9.17, 15) is 9.59 Å². The van der Waals surface area contributed by atoms with Gasteiger partial charge in [-0.05, 0) is 42.5 Å². The maximum atomic E-state index is 12.0. The number of rotatable bonds is 8. The normalized spacial score (nSPS) is 10.5. The number of hydrogen-bond donors (Lipinski definition) is 0. The molecule has 0 bridgehead atoms. The molecule has 0 atom stereocenters. The van der Waals surface area contributed by atoms with E-state index in [4.69, 9.17) is 14.2 Å². The predicted molar refractivity (Wildman–Crippen MR) is 101 cm³/mol. The van der Waals surface area contributed by atoms with Crippen LogP contribution in [-0.4, -0.2) is 52.8 Å². The molecule has 0 spiro atoms. The lowest BCUT2D eigenvalue weighted by atomic mass is 10.2. The zero-order chi connectivity index (χ0) is 20.1. The molecular formula is C18H18N4O5S. The lowest BCUT2D eigenvalue weighted by Gasteiger charge is -2.07. The van der Waals surface area contributed by atoms with Crippen molar-refractivity contribution in [1.82, 2.24) is 20.2 Å². The van der Waals surface area contributed by atoms with Crippen LogP contribution in [0.4, 0.5) is 0 Å². The fourth-order valence-electron chi connectivity index (χ4n) is 2.36. The zero-order valence-corrected chi connectivity index (χ0v) is 16.4. The Labute approximate surface area is 164 Å². The molecular weight excluding hydrogens is 384 g/mol. The first-order valence-corrected chi connectivity index (χ1v) is 9.07. The maximum Gasteiger partial charge on any atom is 0.330 e. The summed E-state index contributed by atoms with van der Waals surface area (Å²) >= 11 is 1.36. The van der Waals surface area contributed by atoms with E-state index in [1.807, 2.05) is 13.0 Å². The Hall–Kier alpha value is -3.27. The molecule has 2 heterocycles. The first kappa shape index (κ1) is 19.5. The highest BCUT2D eigenvalue weighted by Crippen LogP contribution is 2.30. The van der Waals surface area contributed by atoms with Crippen molar-refractivity contribution in [2.24, 2.45) is 0 Å². The molecule has 9 nitrogen and oxygen atoms in total. The van der Waals surface area contributed by atoms with E-state index in [1.54, 1.807) is 31.4 Å². The third-order valence-corrected chi connectivity index (χ3v) is 4.79. The molecule has 0 aliphatic heterocycles. The van der Waals surface area contributed by atoms with E-state index < -0.39 is 5.97 Å². The molecule has 10 heteroatoms. The number of carbonyl (C=O) groups is 2. The number of benzene rings is 1. The minimum Gasteiger partial charge on any atom is -0.493 e. The van der Waals surface area contributed by atoms with Crippen LogP contribution < -0.4 is 9.47 Å². The van der Waals surface area contributed by atoms with Crippen molar-refractivity contribution in [3.63, 3.8) is 0 Å². The molecule has 0 radical (unpaired) electrons. The molecule has 3 rings (SSSR count). The van der Waals surface area contributed by atoms with Crippen molar-refractivity contribution in [2.45, 2.75) is 13.5 Å². The van der Waals surface area contributed by atoms with Crippen molar-refractivity contribution >= 4 is 23.1 Å². The van der Waals surface area contributed by atoms with Crippen LogP contribution in [0, 0.1) is 6.92 Å². The number of thiophene rings is 1. The van der Waals surface area contributed by atoms with E-state index in [-0.39, 0.29) is 18.9 Å². The van der Waals surface area contributed by atoms with Gasteiger partial charge in [-0.25, -0.2) is 4.79 Å². The zero-order valence-electron chi connectivity index (χ0n) is 15.5. The Morgan fingerprint density at radius 2 is 1.89 bits per heavy atom. The third kappa shape index (κ3) is 4.52. The standard InChI is InChI=1S/C18H18N4O5S/c1-11-4-7-16(28-11)13(23)10-27-17(24)9-22-20-18(19-21-22)12-5-6-14(25-2)15(8-12)26-3/h4-8H,9-10H2,1-3H3. The first-order valence-electron chi connectivity index (χ1n) is 8.25. The number of aryl methyl sites for hydroxylation is 1. The molecule has 0 N–H and O–H groups in total. The smallest absolute Gasteiger partial charge is 0.330 e. The molecule has 0 aliphatic carbocycles. The van der Waals surface area contributed by atoms with Crippen molar-refractivity contribution in [1.29, 1.82) is 0 Å². The Morgan fingerprint density at radius 3 is 2.57 bits per heavy atom. The molecule has 146 valence electrons. The third-order valence-electron chi connectivity index (χ3n) is 3.74. The van der Waals surface area contributed by atoms with E-state index in [2.05, 4.69) is 15.4 Å². The fraction of sp³-hybridized carbons (Fsp3) is 0.278. The van der Waals surface area contributed by atoms with Crippen LogP contribution in [0.3, 0.4) is 0 Å². The Morgan fingerprint density at radius 1 is 1.11 bits per heavy atom. The number of esters is 1. The van der Waals surface area contributed by atoms with Gasteiger partial charge in [-0.15, -0.1) is 21.5 Å². The van der Waals surface area contributed by atoms with Crippen LogP contribution >= 0.6 is 11.3 Å². The minimum absolute atomic E-state index is 0.246. The van der Waals surface area contributed by atoms with E-state index in [0.717, 1.165) is 9.67 Å². The van der Waals surface area contributed by atoms with Crippen molar-refractivity contribution in [2.75, 3.05) is 20.8 Å². The maximum absolute atomic E-state index is 12.0. The number of aromatic nitrogens is 4. The fourth-order valence-corrected chi connectivity index (χ4v) is 3.16. The molecule has 28 heavy (non-hydrogen) atoms. The summed E-state index contributed by atoms with van der Waals surface area (Å²) in [6.45, 7) is 1.33. The largest absolute Gasteiger partial charge is 0.493 e. The quantitative estimate of drug-likeness (QED) is 0.417. The van der Waals surface area contributed by atoms with Crippen molar-refractivity contribution < 1.29 is 23.8 Å². The van der Waals surface area contributed by atoms with E-state index >= 15 is 0 Å². The molecule has 2 aromatic heterocycles. The van der Waals surface area contributed by atoms with Gasteiger partial charge in [0.05, 0.1) is 19.1 Å². The minimum atomic E-state index is -0.627. The Balaban J connectivity index is 1.59. The number of ketones is 1. The van der Waals surface area contributed by atoms with Gasteiger partial charge in [0.1, 0.15) is 0 Å². The van der Waals surface area contributed by atoms with E-state index in [0.29, 0.717) is 27.8 Å². The molecule has 3 aromatic rings. The average molecular weight is 402 g/mol. The number of tetrazole rings is 1. The second-order valence-electron chi connectivity index (χ2n) is 5.71. The average Bonchev–Trinajstić information content (AvgIpc) is 3.34. The van der Waals surface area contributed by atoms with Gasteiger partial charge in [0, 0.05) is 10.4 Å². The summed E-state index contributed by atoms with van der Waals surface area (Å²) < 4.78 is 15.4. The number of nitrogens with zero attached hydrogens (tertiary/aromatic N) is 4. The summed E-state index contributed by atoms with van der Waals surface area (Å²) in [5.41, 5.74) is 0.653. The Bertz CT molecular complexity index is 998. The summed E-state index contributed by atoms with van der Waals surface area (Å²) in [6.07, 6.45) is 0. The van der Waals surface area contributed by atoms with Crippen molar-refractivity contribution in [3.8, 4) is 22.9 Å². The molecule has 0 saturated carbocycles. The second-order valence-corrected chi connectivity index (χ2v) is 7.00. The van der Waals surface area contributed by atoms with Gasteiger partial charge >= 0.3 is 5.97 Å². The number of Topliss-reactive ketones (excluding diaryl/α,β-unsaturated/α-hetero) is 1. The van der Waals surface area contributed by atoms with E-state index in [1.165, 1.54) is 18.4 Å². The summed E-state index contributed by atoms with van der Waals surface area (Å²) in [5.74, 6) is 0.548. The summed E-state index contributed by atoms with van der Waals surface area (Å²) in [7, 11) is 3.07. The number of carbonyl (C=O) groups excluding carboxylic acids is 2. The van der Waals surface area contributed by atoms with Gasteiger partial charge < -0.3 is 14.2 Å². The van der Waals surface area contributed by atoms with Crippen molar-refractivity contribution in [3.05, 3.63) is 40.1 Å². The van der Waals surface area contributed by atoms with Crippen LogP contribution in [0.25, 0.3) is 11.4 Å². The van der Waals surface area contributed by atoms with Gasteiger partial charge in [-0.2, -0.15) is 4.80 Å². The lowest BCUT2D eigenvalue weighted by molar-refractivity contribution is -0.143. The van der Waals surface area contributed by atoms with Crippen LogP contribution in [0.1, 0.15) is 14.5 Å². The molecule has 0 amide bonds. The highest BCUT2D eigenvalue weighted by atomic mass is 32.1. The van der Waals surface area contributed by atoms with Gasteiger partial charge in [0.25, 0.3) is 0 Å². The van der Waals surface area contributed by atoms with Crippen LogP contribution in [0.2, 0.25) is 0 Å². The SMILES string of the molecule is COc1ccc(-c2nnn(CC(=O)OCC(=O)c3ccc(C)s3)n2)cc1OC. The van der Waals surface area contributed by atoms with Gasteiger partial charge in [0.15, 0.2) is 24.7 Å². The highest BCUT2D eigenvalue weighted by molar-refractivity contribution is 7.14. The molecule has 0 saturated heterocycles. The first-order chi connectivity index (χ1) is 13.5.